The number of rotatable bonds is 3. The average Bonchev–Trinajstić information content (AvgIpc) is 2.87. The summed E-state index contributed by atoms with van der Waals surface area (Å²) in [5, 5.41) is 4.23. The summed E-state index contributed by atoms with van der Waals surface area (Å²) in [6, 6.07) is 13.7. The smallest absolute Gasteiger partial charge is 0.231 e. The topological polar surface area (TPSA) is 42.9 Å². The van der Waals surface area contributed by atoms with Gasteiger partial charge in [-0.15, -0.1) is 0 Å². The lowest BCUT2D eigenvalue weighted by Gasteiger charge is -2.03. The lowest BCUT2D eigenvalue weighted by molar-refractivity contribution is 0.174. The second-order valence-electron chi connectivity index (χ2n) is 4.30. The van der Waals surface area contributed by atoms with Crippen molar-refractivity contribution in [3.8, 4) is 11.5 Å². The molecule has 0 saturated heterocycles. The van der Waals surface area contributed by atoms with Gasteiger partial charge in [0.05, 0.1) is 11.9 Å². The van der Waals surface area contributed by atoms with E-state index in [1.54, 1.807) is 6.21 Å². The Kier molecular flexibility index (Phi) is 3.06. The molecule has 0 fully saturated rings. The van der Waals surface area contributed by atoms with Crippen molar-refractivity contribution in [2.45, 2.75) is 6.92 Å². The molecule has 0 aromatic heterocycles. The van der Waals surface area contributed by atoms with Crippen LogP contribution in [0.5, 0.6) is 11.5 Å². The summed E-state index contributed by atoms with van der Waals surface area (Å²) in [4.78, 5) is 0. The number of nitrogens with one attached hydrogen (secondary N) is 1. The monoisotopic (exact) mass is 254 g/mol. The maximum Gasteiger partial charge on any atom is 0.231 e. The molecule has 96 valence electrons. The normalized spacial score (nSPS) is 12.9. The van der Waals surface area contributed by atoms with Crippen LogP contribution >= 0.6 is 0 Å². The molecule has 0 bridgehead atoms. The number of para-hydroxylation sites is 1. The van der Waals surface area contributed by atoms with Crippen LogP contribution in [0.25, 0.3) is 0 Å². The van der Waals surface area contributed by atoms with E-state index in [1.165, 1.54) is 0 Å². The van der Waals surface area contributed by atoms with Crippen LogP contribution in [0.4, 0.5) is 5.69 Å². The molecule has 0 amide bonds. The molecule has 1 aliphatic rings. The van der Waals surface area contributed by atoms with Crippen molar-refractivity contribution in [1.82, 2.24) is 0 Å². The third-order valence-corrected chi connectivity index (χ3v) is 2.93. The zero-order valence-corrected chi connectivity index (χ0v) is 10.6. The minimum atomic E-state index is 0.289. The van der Waals surface area contributed by atoms with Crippen molar-refractivity contribution in [3.05, 3.63) is 53.6 Å². The third-order valence-electron chi connectivity index (χ3n) is 2.93. The van der Waals surface area contributed by atoms with E-state index in [-0.39, 0.29) is 6.79 Å². The Morgan fingerprint density at radius 1 is 1.11 bits per heavy atom. The lowest BCUT2D eigenvalue weighted by atomic mass is 10.1. The molecule has 0 radical (unpaired) electrons. The van der Waals surface area contributed by atoms with Gasteiger partial charge in [0.15, 0.2) is 11.5 Å². The van der Waals surface area contributed by atoms with E-state index in [0.29, 0.717) is 0 Å². The Morgan fingerprint density at radius 2 is 1.84 bits per heavy atom. The Hall–Kier alpha value is -2.49. The van der Waals surface area contributed by atoms with Crippen molar-refractivity contribution in [3.63, 3.8) is 0 Å². The summed E-state index contributed by atoms with van der Waals surface area (Å²) in [6.07, 6.45) is 1.78. The Bertz CT molecular complexity index is 609. The fourth-order valence-electron chi connectivity index (χ4n) is 1.89. The average molecular weight is 254 g/mol. The summed E-state index contributed by atoms with van der Waals surface area (Å²) in [6.45, 7) is 2.31. The number of hydrogen-bond donors (Lipinski definition) is 1. The molecular weight excluding hydrogens is 240 g/mol. The van der Waals surface area contributed by atoms with Crippen LogP contribution in [0.15, 0.2) is 47.6 Å². The van der Waals surface area contributed by atoms with Crippen molar-refractivity contribution in [1.29, 1.82) is 0 Å². The predicted octanol–water partition coefficient (Wildman–Crippen LogP) is 3.17. The summed E-state index contributed by atoms with van der Waals surface area (Å²) in [5.41, 5.74) is 6.05. The highest BCUT2D eigenvalue weighted by Gasteiger charge is 2.14. The van der Waals surface area contributed by atoms with E-state index in [0.717, 1.165) is 28.3 Å². The number of hydrazone groups is 1. The molecule has 2 aromatic rings. The van der Waals surface area contributed by atoms with Crippen LogP contribution in [0, 0.1) is 6.92 Å². The third kappa shape index (κ3) is 2.52. The van der Waals surface area contributed by atoms with Gasteiger partial charge in [0.25, 0.3) is 0 Å². The lowest BCUT2D eigenvalue weighted by Crippen LogP contribution is -1.93. The van der Waals surface area contributed by atoms with Crippen LogP contribution in [0.1, 0.15) is 11.1 Å². The Balaban J connectivity index is 1.76. The number of aryl methyl sites for hydroxylation is 1. The fraction of sp³-hybridized carbons (Fsp3) is 0.133. The second kappa shape index (κ2) is 5.02. The van der Waals surface area contributed by atoms with Crippen molar-refractivity contribution in [2.24, 2.45) is 5.10 Å². The quantitative estimate of drug-likeness (QED) is 0.675. The molecule has 4 heteroatoms. The highest BCUT2D eigenvalue weighted by atomic mass is 16.7. The summed E-state index contributed by atoms with van der Waals surface area (Å²) in [7, 11) is 0. The van der Waals surface area contributed by atoms with Crippen molar-refractivity contribution in [2.75, 3.05) is 12.2 Å². The van der Waals surface area contributed by atoms with Gasteiger partial charge in [-0.1, -0.05) is 18.2 Å². The molecule has 1 aliphatic heterocycles. The largest absolute Gasteiger partial charge is 0.454 e. The molecule has 2 aromatic carbocycles. The highest BCUT2D eigenvalue weighted by Crippen LogP contribution is 2.34. The summed E-state index contributed by atoms with van der Waals surface area (Å²) >= 11 is 0. The van der Waals surface area contributed by atoms with Crippen LogP contribution in [-0.4, -0.2) is 13.0 Å². The van der Waals surface area contributed by atoms with Gasteiger partial charge in [-0.3, -0.25) is 5.43 Å². The number of hydrogen-bond acceptors (Lipinski definition) is 4. The first-order valence-electron chi connectivity index (χ1n) is 6.07. The molecule has 1 heterocycles. The van der Waals surface area contributed by atoms with E-state index < -0.39 is 0 Å². The standard InChI is InChI=1S/C15H14N2O2/c1-11-7-14-15(19-10-18-14)8-12(11)9-16-17-13-5-3-2-4-6-13/h2-9,17H,10H2,1H3. The minimum Gasteiger partial charge on any atom is -0.454 e. The first-order chi connectivity index (χ1) is 9.33. The Labute approximate surface area is 111 Å². The second-order valence-corrected chi connectivity index (χ2v) is 4.30. The SMILES string of the molecule is Cc1cc2c(cc1C=NNc1ccccc1)OCO2. The summed E-state index contributed by atoms with van der Waals surface area (Å²) < 4.78 is 10.7. The fourth-order valence-corrected chi connectivity index (χ4v) is 1.89. The molecule has 3 rings (SSSR count). The number of ether oxygens (including phenoxy) is 2. The van der Waals surface area contributed by atoms with Gasteiger partial charge in [0, 0.05) is 5.56 Å². The van der Waals surface area contributed by atoms with E-state index >= 15 is 0 Å². The van der Waals surface area contributed by atoms with Gasteiger partial charge >= 0.3 is 0 Å². The van der Waals surface area contributed by atoms with E-state index in [4.69, 9.17) is 9.47 Å². The van der Waals surface area contributed by atoms with Crippen molar-refractivity contribution >= 4 is 11.9 Å². The molecule has 0 saturated carbocycles. The molecule has 4 nitrogen and oxygen atoms in total. The molecule has 0 atom stereocenters. The van der Waals surface area contributed by atoms with Gasteiger partial charge < -0.3 is 9.47 Å². The maximum atomic E-state index is 5.35. The zero-order chi connectivity index (χ0) is 13.1. The van der Waals surface area contributed by atoms with Gasteiger partial charge in [-0.05, 0) is 36.8 Å². The molecule has 1 N–H and O–H groups in total. The number of fused-ring (bicyclic) bond motifs is 1. The van der Waals surface area contributed by atoms with Gasteiger partial charge in [-0.2, -0.15) is 5.10 Å². The first-order valence-corrected chi connectivity index (χ1v) is 6.07. The van der Waals surface area contributed by atoms with Crippen LogP contribution in [-0.2, 0) is 0 Å². The molecule has 19 heavy (non-hydrogen) atoms. The molecular formula is C15H14N2O2. The molecule has 0 unspecified atom stereocenters. The maximum absolute atomic E-state index is 5.35. The number of benzene rings is 2. The zero-order valence-electron chi connectivity index (χ0n) is 10.6. The van der Waals surface area contributed by atoms with Gasteiger partial charge in [0.1, 0.15) is 0 Å². The van der Waals surface area contributed by atoms with Gasteiger partial charge in [-0.25, -0.2) is 0 Å². The first kappa shape index (κ1) is 11.6. The van der Waals surface area contributed by atoms with Crippen LogP contribution in [0.3, 0.4) is 0 Å². The number of anilines is 1. The minimum absolute atomic E-state index is 0.289. The van der Waals surface area contributed by atoms with E-state index in [2.05, 4.69) is 10.5 Å². The van der Waals surface area contributed by atoms with Crippen LogP contribution < -0.4 is 14.9 Å². The molecule has 0 spiro atoms. The highest BCUT2D eigenvalue weighted by molar-refractivity contribution is 5.83. The van der Waals surface area contributed by atoms with Gasteiger partial charge in [0.2, 0.25) is 6.79 Å². The predicted molar refractivity (Wildman–Crippen MR) is 75.0 cm³/mol. The summed E-state index contributed by atoms with van der Waals surface area (Å²) in [5.74, 6) is 1.57. The van der Waals surface area contributed by atoms with Crippen LogP contribution in [0.2, 0.25) is 0 Å². The van der Waals surface area contributed by atoms with Crippen molar-refractivity contribution < 1.29 is 9.47 Å². The van der Waals surface area contributed by atoms with E-state index in [9.17, 15) is 0 Å². The van der Waals surface area contributed by atoms with E-state index in [1.807, 2.05) is 49.4 Å². The number of nitrogens with zero attached hydrogens (tertiary/aromatic N) is 1. The Morgan fingerprint density at radius 3 is 2.63 bits per heavy atom. The molecule has 0 aliphatic carbocycles.